The molecule has 0 N–H and O–H groups in total. The number of ether oxygens (including phenoxy) is 2. The van der Waals surface area contributed by atoms with Crippen molar-refractivity contribution in [1.29, 1.82) is 0 Å². The number of benzene rings is 2. The number of hydrogen-bond donors (Lipinski definition) is 0. The number of methoxy groups -OCH3 is 1. The van der Waals surface area contributed by atoms with Gasteiger partial charge in [-0.3, -0.25) is 4.79 Å². The number of aromatic nitrogens is 4. The molecule has 0 fully saturated rings. The Hall–Kier alpha value is -4.20. The molecule has 186 valence electrons. The number of rotatable bonds is 11. The van der Waals surface area contributed by atoms with E-state index in [1.54, 1.807) is 11.8 Å². The smallest absolute Gasteiger partial charge is 0.222 e. The summed E-state index contributed by atoms with van der Waals surface area (Å²) in [7, 11) is 1.63. The zero-order valence-electron chi connectivity index (χ0n) is 20.9. The number of pyridine rings is 1. The Morgan fingerprint density at radius 3 is 2.47 bits per heavy atom. The third kappa shape index (κ3) is 6.07. The number of amides is 1. The van der Waals surface area contributed by atoms with E-state index in [9.17, 15) is 4.79 Å². The van der Waals surface area contributed by atoms with E-state index in [2.05, 4.69) is 4.98 Å². The molecule has 0 bridgehead atoms. The average Bonchev–Trinajstić information content (AvgIpc) is 3.36. The van der Waals surface area contributed by atoms with Crippen molar-refractivity contribution in [2.24, 2.45) is 0 Å². The highest BCUT2D eigenvalue weighted by atomic mass is 16.5. The first-order chi connectivity index (χ1) is 17.6. The lowest BCUT2D eigenvalue weighted by molar-refractivity contribution is -0.130. The molecule has 0 aliphatic rings. The van der Waals surface area contributed by atoms with E-state index in [0.717, 1.165) is 11.3 Å². The standard InChI is InChI=1S/C28H31N5O3/c1-4-32(5-2)27(34)18-17-25-30-28(31-33(25)22-13-9-14-23(19-22)35-3)24-15-10-16-26(29-24)36-20-21-11-7-6-8-12-21/h6-16,19H,4-5,17-18,20H2,1-3H3. The monoisotopic (exact) mass is 485 g/mol. The van der Waals surface area contributed by atoms with Crippen molar-refractivity contribution in [2.75, 3.05) is 20.2 Å². The lowest BCUT2D eigenvalue weighted by Crippen LogP contribution is -2.30. The first-order valence-electron chi connectivity index (χ1n) is 12.1. The third-order valence-electron chi connectivity index (χ3n) is 5.83. The zero-order chi connectivity index (χ0) is 25.3. The molecule has 0 spiro atoms. The molecule has 2 aromatic heterocycles. The van der Waals surface area contributed by atoms with E-state index in [0.29, 0.717) is 61.5 Å². The fourth-order valence-corrected chi connectivity index (χ4v) is 3.87. The Labute approximate surface area is 211 Å². The average molecular weight is 486 g/mol. The lowest BCUT2D eigenvalue weighted by atomic mass is 10.2. The Bertz CT molecular complexity index is 1290. The lowest BCUT2D eigenvalue weighted by Gasteiger charge is -2.18. The van der Waals surface area contributed by atoms with Crippen molar-refractivity contribution < 1.29 is 14.3 Å². The summed E-state index contributed by atoms with van der Waals surface area (Å²) in [5, 5.41) is 4.76. The Balaban J connectivity index is 1.61. The predicted octanol–water partition coefficient (Wildman–Crippen LogP) is 4.72. The van der Waals surface area contributed by atoms with Crippen LogP contribution in [0.3, 0.4) is 0 Å². The second-order valence-electron chi connectivity index (χ2n) is 8.17. The van der Waals surface area contributed by atoms with Gasteiger partial charge in [-0.1, -0.05) is 42.5 Å². The number of nitrogens with zero attached hydrogens (tertiary/aromatic N) is 5. The van der Waals surface area contributed by atoms with Crippen LogP contribution >= 0.6 is 0 Å². The van der Waals surface area contributed by atoms with Gasteiger partial charge < -0.3 is 14.4 Å². The maximum atomic E-state index is 12.7. The molecule has 2 aromatic carbocycles. The third-order valence-corrected chi connectivity index (χ3v) is 5.83. The number of hydrogen-bond acceptors (Lipinski definition) is 6. The molecule has 0 saturated heterocycles. The first-order valence-corrected chi connectivity index (χ1v) is 12.1. The van der Waals surface area contributed by atoms with Crippen molar-refractivity contribution in [3.8, 4) is 28.8 Å². The summed E-state index contributed by atoms with van der Waals surface area (Å²) in [6, 6.07) is 23.1. The van der Waals surface area contributed by atoms with E-state index >= 15 is 0 Å². The van der Waals surface area contributed by atoms with E-state index in [-0.39, 0.29) is 5.91 Å². The van der Waals surface area contributed by atoms with E-state index < -0.39 is 0 Å². The molecule has 0 aliphatic heterocycles. The van der Waals surface area contributed by atoms with Crippen LogP contribution in [0.15, 0.2) is 72.8 Å². The van der Waals surface area contributed by atoms with Gasteiger partial charge in [-0.15, -0.1) is 5.10 Å². The summed E-state index contributed by atoms with van der Waals surface area (Å²) >= 11 is 0. The topological polar surface area (TPSA) is 82.4 Å². The van der Waals surface area contributed by atoms with Gasteiger partial charge in [-0.2, -0.15) is 0 Å². The second-order valence-corrected chi connectivity index (χ2v) is 8.17. The molecule has 1 amide bonds. The molecule has 4 rings (SSSR count). The molecule has 36 heavy (non-hydrogen) atoms. The summed E-state index contributed by atoms with van der Waals surface area (Å²) < 4.78 is 13.0. The van der Waals surface area contributed by atoms with Gasteiger partial charge >= 0.3 is 0 Å². The molecule has 8 nitrogen and oxygen atoms in total. The normalized spacial score (nSPS) is 10.8. The zero-order valence-corrected chi connectivity index (χ0v) is 20.9. The minimum atomic E-state index is 0.0937. The van der Waals surface area contributed by atoms with Gasteiger partial charge in [0.1, 0.15) is 23.9 Å². The van der Waals surface area contributed by atoms with Crippen LogP contribution in [0.2, 0.25) is 0 Å². The van der Waals surface area contributed by atoms with E-state index in [1.165, 1.54) is 0 Å². The quantitative estimate of drug-likeness (QED) is 0.306. The van der Waals surface area contributed by atoms with Gasteiger partial charge in [0, 0.05) is 38.1 Å². The molecule has 0 saturated carbocycles. The van der Waals surface area contributed by atoms with Crippen LogP contribution in [-0.4, -0.2) is 50.8 Å². The molecular weight excluding hydrogens is 454 g/mol. The SMILES string of the molecule is CCN(CC)C(=O)CCc1nc(-c2cccc(OCc3ccccc3)n2)nn1-c1cccc(OC)c1. The maximum absolute atomic E-state index is 12.7. The highest BCUT2D eigenvalue weighted by molar-refractivity contribution is 5.76. The van der Waals surface area contributed by atoms with Crippen LogP contribution in [0.25, 0.3) is 17.2 Å². The van der Waals surface area contributed by atoms with Gasteiger partial charge in [0.25, 0.3) is 0 Å². The fourth-order valence-electron chi connectivity index (χ4n) is 3.87. The van der Waals surface area contributed by atoms with Crippen LogP contribution in [0.5, 0.6) is 11.6 Å². The molecule has 2 heterocycles. The van der Waals surface area contributed by atoms with Crippen LogP contribution < -0.4 is 9.47 Å². The Morgan fingerprint density at radius 1 is 0.944 bits per heavy atom. The predicted molar refractivity (Wildman–Crippen MR) is 138 cm³/mol. The summed E-state index contributed by atoms with van der Waals surface area (Å²) in [5.74, 6) is 2.44. The van der Waals surface area contributed by atoms with Crippen molar-refractivity contribution in [1.82, 2.24) is 24.6 Å². The summed E-state index contributed by atoms with van der Waals surface area (Å²) in [5.41, 5.74) is 2.46. The number of aryl methyl sites for hydroxylation is 1. The van der Waals surface area contributed by atoms with Crippen molar-refractivity contribution in [3.63, 3.8) is 0 Å². The largest absolute Gasteiger partial charge is 0.497 e. The first kappa shape index (κ1) is 24.9. The summed E-state index contributed by atoms with van der Waals surface area (Å²) in [4.78, 5) is 23.9. The summed E-state index contributed by atoms with van der Waals surface area (Å²) in [6.45, 7) is 5.75. The van der Waals surface area contributed by atoms with Crippen molar-refractivity contribution in [3.05, 3.63) is 84.2 Å². The highest BCUT2D eigenvalue weighted by Crippen LogP contribution is 2.23. The van der Waals surface area contributed by atoms with Crippen LogP contribution in [0, 0.1) is 0 Å². The molecule has 8 heteroatoms. The fraction of sp³-hybridized carbons (Fsp3) is 0.286. The van der Waals surface area contributed by atoms with Crippen molar-refractivity contribution in [2.45, 2.75) is 33.3 Å². The summed E-state index contributed by atoms with van der Waals surface area (Å²) in [6.07, 6.45) is 0.793. The van der Waals surface area contributed by atoms with Gasteiger partial charge in [-0.05, 0) is 37.6 Å². The number of carbonyl (C=O) groups is 1. The van der Waals surface area contributed by atoms with Crippen LogP contribution in [0.1, 0.15) is 31.7 Å². The van der Waals surface area contributed by atoms with Gasteiger partial charge in [0.2, 0.25) is 17.6 Å². The van der Waals surface area contributed by atoms with Crippen LogP contribution in [0.4, 0.5) is 0 Å². The molecule has 4 aromatic rings. The van der Waals surface area contributed by atoms with Gasteiger partial charge in [-0.25, -0.2) is 14.6 Å². The van der Waals surface area contributed by atoms with Gasteiger partial charge in [0.05, 0.1) is 12.8 Å². The second kappa shape index (κ2) is 12.0. The minimum Gasteiger partial charge on any atom is -0.497 e. The minimum absolute atomic E-state index is 0.0937. The van der Waals surface area contributed by atoms with Gasteiger partial charge in [0.15, 0.2) is 0 Å². The molecule has 0 aliphatic carbocycles. The molecular formula is C28H31N5O3. The molecule has 0 atom stereocenters. The van der Waals surface area contributed by atoms with E-state index in [4.69, 9.17) is 19.6 Å². The van der Waals surface area contributed by atoms with Crippen molar-refractivity contribution >= 4 is 5.91 Å². The Morgan fingerprint density at radius 2 is 1.72 bits per heavy atom. The highest BCUT2D eigenvalue weighted by Gasteiger charge is 2.18. The Kier molecular flexibility index (Phi) is 8.28. The van der Waals surface area contributed by atoms with E-state index in [1.807, 2.05) is 91.5 Å². The van der Waals surface area contributed by atoms with Crippen LogP contribution in [-0.2, 0) is 17.8 Å². The number of carbonyl (C=O) groups excluding carboxylic acids is 1. The molecule has 0 unspecified atom stereocenters. The molecule has 0 radical (unpaired) electrons. The maximum Gasteiger partial charge on any atom is 0.222 e.